The Kier molecular flexibility index (Phi) is 10.3. The molecule has 0 amide bonds. The van der Waals surface area contributed by atoms with Crippen LogP contribution in [0.3, 0.4) is 0 Å². The second kappa shape index (κ2) is 12.5. The second-order valence-corrected chi connectivity index (χ2v) is 8.72. The van der Waals surface area contributed by atoms with Crippen LogP contribution in [0, 0.1) is 0 Å². The molecule has 25 heavy (non-hydrogen) atoms. The molecule has 0 aliphatic carbocycles. The van der Waals surface area contributed by atoms with Gasteiger partial charge >= 0.3 is 0 Å². The lowest BCUT2D eigenvalue weighted by Gasteiger charge is -2.03. The number of hydrogen-bond donors (Lipinski definition) is 0. The molecule has 0 aliphatic heterocycles. The highest BCUT2D eigenvalue weighted by Crippen LogP contribution is 2.31. The molecule has 0 atom stereocenters. The molecule has 1 aromatic heterocycles. The van der Waals surface area contributed by atoms with Gasteiger partial charge in [-0.25, -0.2) is 0 Å². The van der Waals surface area contributed by atoms with Crippen molar-refractivity contribution in [3.05, 3.63) is 34.7 Å². The lowest BCUT2D eigenvalue weighted by atomic mass is 10.0. The van der Waals surface area contributed by atoms with Crippen molar-refractivity contribution in [2.24, 2.45) is 0 Å². The van der Waals surface area contributed by atoms with E-state index in [1.165, 1.54) is 95.3 Å². The first-order valence-corrected chi connectivity index (χ1v) is 11.7. The van der Waals surface area contributed by atoms with Gasteiger partial charge in [-0.15, -0.1) is 11.3 Å². The first-order chi connectivity index (χ1) is 12.3. The summed E-state index contributed by atoms with van der Waals surface area (Å²) < 4.78 is 1.57. The summed E-state index contributed by atoms with van der Waals surface area (Å²) in [5.74, 6) is 0. The molecule has 0 radical (unpaired) electrons. The summed E-state index contributed by atoms with van der Waals surface area (Å²) in [6, 6.07) is 9.38. The molecule has 2 rings (SSSR count). The predicted octanol–water partition coefficient (Wildman–Crippen LogP) is 8.71. The van der Waals surface area contributed by atoms with Crippen molar-refractivity contribution in [3.63, 3.8) is 0 Å². The third-order valence-corrected chi connectivity index (χ3v) is 6.54. The van der Waals surface area contributed by atoms with E-state index < -0.39 is 0 Å². The molecule has 0 saturated carbocycles. The SMILES string of the molecule is CCCCCCCCc1cc2cccc(CCCCCCCC)c2s1. The van der Waals surface area contributed by atoms with Gasteiger partial charge in [-0.05, 0) is 42.7 Å². The maximum absolute atomic E-state index is 2.46. The van der Waals surface area contributed by atoms with Gasteiger partial charge in [0.15, 0.2) is 0 Å². The third kappa shape index (κ3) is 7.52. The average Bonchev–Trinajstić information content (AvgIpc) is 3.04. The van der Waals surface area contributed by atoms with Crippen molar-refractivity contribution in [2.45, 2.75) is 104 Å². The van der Waals surface area contributed by atoms with Crippen LogP contribution in [0.2, 0.25) is 0 Å². The van der Waals surface area contributed by atoms with Gasteiger partial charge in [0.2, 0.25) is 0 Å². The Labute approximate surface area is 160 Å². The van der Waals surface area contributed by atoms with Gasteiger partial charge in [0, 0.05) is 9.58 Å². The first kappa shape index (κ1) is 20.5. The monoisotopic (exact) mass is 358 g/mol. The van der Waals surface area contributed by atoms with E-state index in [-0.39, 0.29) is 0 Å². The Morgan fingerprint density at radius 2 is 1.28 bits per heavy atom. The van der Waals surface area contributed by atoms with Crippen molar-refractivity contribution in [3.8, 4) is 0 Å². The Balaban J connectivity index is 1.78. The topological polar surface area (TPSA) is 0 Å². The number of fused-ring (bicyclic) bond motifs is 1. The van der Waals surface area contributed by atoms with Gasteiger partial charge in [0.1, 0.15) is 0 Å². The van der Waals surface area contributed by atoms with Gasteiger partial charge in [-0.1, -0.05) is 96.3 Å². The summed E-state index contributed by atoms with van der Waals surface area (Å²) in [5, 5.41) is 1.48. The largest absolute Gasteiger partial charge is 0.140 e. The van der Waals surface area contributed by atoms with E-state index in [0.29, 0.717) is 0 Å². The maximum Gasteiger partial charge on any atom is 0.0377 e. The Morgan fingerprint density at radius 3 is 1.96 bits per heavy atom. The van der Waals surface area contributed by atoms with Crippen molar-refractivity contribution in [2.75, 3.05) is 0 Å². The van der Waals surface area contributed by atoms with E-state index in [4.69, 9.17) is 0 Å². The van der Waals surface area contributed by atoms with Crippen LogP contribution in [0.25, 0.3) is 10.1 Å². The normalized spacial score (nSPS) is 11.4. The molecule has 2 aromatic rings. The molecule has 0 fully saturated rings. The van der Waals surface area contributed by atoms with Crippen molar-refractivity contribution < 1.29 is 0 Å². The fourth-order valence-corrected chi connectivity index (χ4v) is 4.91. The fourth-order valence-electron chi connectivity index (χ4n) is 3.67. The number of rotatable bonds is 14. The van der Waals surface area contributed by atoms with Crippen LogP contribution in [0.15, 0.2) is 24.3 Å². The van der Waals surface area contributed by atoms with Crippen LogP contribution < -0.4 is 0 Å². The molecule has 0 saturated heterocycles. The van der Waals surface area contributed by atoms with Crippen LogP contribution in [0.5, 0.6) is 0 Å². The molecule has 0 bridgehead atoms. The number of unbranched alkanes of at least 4 members (excludes halogenated alkanes) is 10. The van der Waals surface area contributed by atoms with Crippen LogP contribution in [0.4, 0.5) is 0 Å². The summed E-state index contributed by atoms with van der Waals surface area (Å²) in [5.41, 5.74) is 1.59. The summed E-state index contributed by atoms with van der Waals surface area (Å²) in [6.07, 6.45) is 19.2. The highest BCUT2D eigenvalue weighted by Gasteiger charge is 2.06. The van der Waals surface area contributed by atoms with Crippen molar-refractivity contribution in [1.82, 2.24) is 0 Å². The standard InChI is InChI=1S/C24H38S/c1-3-5-7-9-11-13-16-21-17-15-18-22-20-23(25-24(21)22)19-14-12-10-8-6-4-2/h15,17-18,20H,3-14,16,19H2,1-2H3. The lowest BCUT2D eigenvalue weighted by Crippen LogP contribution is -1.86. The van der Waals surface area contributed by atoms with E-state index in [2.05, 4.69) is 49.4 Å². The molecule has 0 unspecified atom stereocenters. The average molecular weight is 359 g/mol. The summed E-state index contributed by atoms with van der Waals surface area (Å²) in [4.78, 5) is 1.60. The van der Waals surface area contributed by atoms with Crippen LogP contribution >= 0.6 is 11.3 Å². The van der Waals surface area contributed by atoms with Gasteiger partial charge in [-0.3, -0.25) is 0 Å². The molecule has 140 valence electrons. The van der Waals surface area contributed by atoms with Gasteiger partial charge in [0.25, 0.3) is 0 Å². The Bertz CT molecular complexity index is 581. The lowest BCUT2D eigenvalue weighted by molar-refractivity contribution is 0.608. The number of benzene rings is 1. The minimum atomic E-state index is 1.26. The fraction of sp³-hybridized carbons (Fsp3) is 0.667. The third-order valence-electron chi connectivity index (χ3n) is 5.25. The Morgan fingerprint density at radius 1 is 0.680 bits per heavy atom. The Hall–Kier alpha value is -0.820. The van der Waals surface area contributed by atoms with Crippen LogP contribution in [-0.4, -0.2) is 0 Å². The summed E-state index contributed by atoms with van der Waals surface area (Å²) in [7, 11) is 0. The van der Waals surface area contributed by atoms with Crippen LogP contribution in [-0.2, 0) is 12.8 Å². The highest BCUT2D eigenvalue weighted by atomic mass is 32.1. The quantitative estimate of drug-likeness (QED) is 0.296. The van der Waals surface area contributed by atoms with E-state index in [1.54, 1.807) is 15.1 Å². The molecule has 0 N–H and O–H groups in total. The van der Waals surface area contributed by atoms with Gasteiger partial charge in [0.05, 0.1) is 0 Å². The molecule has 0 aliphatic rings. The predicted molar refractivity (Wildman–Crippen MR) is 116 cm³/mol. The summed E-state index contributed by atoms with van der Waals surface area (Å²) >= 11 is 2.06. The number of thiophene rings is 1. The van der Waals surface area contributed by atoms with Gasteiger partial charge < -0.3 is 0 Å². The number of hydrogen-bond acceptors (Lipinski definition) is 1. The van der Waals surface area contributed by atoms with Crippen LogP contribution in [0.1, 0.15) is 101 Å². The smallest absolute Gasteiger partial charge is 0.0377 e. The van der Waals surface area contributed by atoms with E-state index >= 15 is 0 Å². The minimum absolute atomic E-state index is 1.26. The first-order valence-electron chi connectivity index (χ1n) is 10.9. The van der Waals surface area contributed by atoms with E-state index in [1.807, 2.05) is 0 Å². The molecule has 0 spiro atoms. The number of aryl methyl sites for hydroxylation is 2. The zero-order chi connectivity index (χ0) is 17.7. The summed E-state index contributed by atoms with van der Waals surface area (Å²) in [6.45, 7) is 4.58. The molecule has 0 nitrogen and oxygen atoms in total. The van der Waals surface area contributed by atoms with Crippen molar-refractivity contribution in [1.29, 1.82) is 0 Å². The molecule has 1 heterocycles. The zero-order valence-electron chi connectivity index (χ0n) is 16.6. The van der Waals surface area contributed by atoms with Gasteiger partial charge in [-0.2, -0.15) is 0 Å². The zero-order valence-corrected chi connectivity index (χ0v) is 17.4. The maximum atomic E-state index is 2.46. The molecular formula is C24H38S. The molecule has 1 aromatic carbocycles. The van der Waals surface area contributed by atoms with Crippen molar-refractivity contribution >= 4 is 21.4 Å². The molecule has 1 heteroatoms. The highest BCUT2D eigenvalue weighted by molar-refractivity contribution is 7.19. The minimum Gasteiger partial charge on any atom is -0.140 e. The molecular weight excluding hydrogens is 320 g/mol. The van der Waals surface area contributed by atoms with E-state index in [0.717, 1.165) is 0 Å². The second-order valence-electron chi connectivity index (χ2n) is 7.58. The van der Waals surface area contributed by atoms with E-state index in [9.17, 15) is 0 Å².